The number of hydrogen-bond donors (Lipinski definition) is 1. The molecule has 1 aromatic rings. The molecule has 0 unspecified atom stereocenters. The van der Waals surface area contributed by atoms with Crippen LogP contribution >= 0.6 is 0 Å². The Morgan fingerprint density at radius 3 is 2.86 bits per heavy atom. The fourth-order valence-electron chi connectivity index (χ4n) is 2.91. The smallest absolute Gasteiger partial charge is 0.308 e. The fourth-order valence-corrected chi connectivity index (χ4v) is 2.91. The van der Waals surface area contributed by atoms with Crippen LogP contribution in [0.1, 0.15) is 35.7 Å². The minimum absolute atomic E-state index is 0.195. The minimum atomic E-state index is -0.488. The molecule has 1 N–H and O–H groups in total. The number of carbonyl (C=O) groups excluding carboxylic acids is 3. The third-order valence-electron chi connectivity index (χ3n) is 3.90. The molecule has 0 spiro atoms. The number of esters is 1. The summed E-state index contributed by atoms with van der Waals surface area (Å²) in [6.07, 6.45) is 1.48. The molecule has 2 aliphatic rings. The van der Waals surface area contributed by atoms with Crippen molar-refractivity contribution in [1.82, 2.24) is 4.90 Å². The van der Waals surface area contributed by atoms with Crippen molar-refractivity contribution in [2.24, 2.45) is 0 Å². The normalized spacial score (nSPS) is 20.5. The van der Waals surface area contributed by atoms with E-state index >= 15 is 0 Å². The predicted octanol–water partition coefficient (Wildman–Crippen LogP) is 1.48. The highest BCUT2D eigenvalue weighted by Gasteiger charge is 2.39. The topological polar surface area (TPSA) is 75.7 Å². The zero-order chi connectivity index (χ0) is 15.1. The summed E-state index contributed by atoms with van der Waals surface area (Å²) in [6, 6.07) is 2.95. The van der Waals surface area contributed by atoms with Gasteiger partial charge in [-0.3, -0.25) is 14.4 Å². The average molecular weight is 288 g/mol. The van der Waals surface area contributed by atoms with Crippen LogP contribution in [0, 0.1) is 6.92 Å². The quantitative estimate of drug-likeness (QED) is 0.627. The molecule has 3 rings (SSSR count). The molecular formula is C15H16N2O4. The maximum Gasteiger partial charge on any atom is 0.308 e. The van der Waals surface area contributed by atoms with Crippen LogP contribution in [0.15, 0.2) is 12.1 Å². The van der Waals surface area contributed by atoms with Crippen LogP contribution in [0.5, 0.6) is 5.75 Å². The van der Waals surface area contributed by atoms with Gasteiger partial charge in [0, 0.05) is 13.5 Å². The average Bonchev–Trinajstić information content (AvgIpc) is 2.87. The summed E-state index contributed by atoms with van der Waals surface area (Å²) in [7, 11) is 0. The Bertz CT molecular complexity index is 653. The summed E-state index contributed by atoms with van der Waals surface area (Å²) in [5.74, 6) is -0.654. The second-order valence-electron chi connectivity index (χ2n) is 5.37. The first kappa shape index (κ1) is 13.6. The molecule has 1 saturated heterocycles. The van der Waals surface area contributed by atoms with Gasteiger partial charge in [0.1, 0.15) is 6.04 Å². The van der Waals surface area contributed by atoms with E-state index in [1.165, 1.54) is 6.92 Å². The van der Waals surface area contributed by atoms with Crippen molar-refractivity contribution in [3.8, 4) is 5.75 Å². The molecule has 1 fully saturated rings. The number of nitrogens with zero attached hydrogens (tertiary/aromatic N) is 1. The molecule has 2 aliphatic heterocycles. The molecule has 2 amide bonds. The highest BCUT2D eigenvalue weighted by Crippen LogP contribution is 2.37. The third kappa shape index (κ3) is 2.16. The number of aryl methyl sites for hydroxylation is 1. The first-order valence-corrected chi connectivity index (χ1v) is 6.93. The van der Waals surface area contributed by atoms with Gasteiger partial charge >= 0.3 is 5.97 Å². The van der Waals surface area contributed by atoms with E-state index in [-0.39, 0.29) is 17.6 Å². The van der Waals surface area contributed by atoms with E-state index in [1.807, 2.05) is 0 Å². The number of nitrogens with one attached hydrogen (secondary N) is 1. The fraction of sp³-hybridized carbons (Fsp3) is 0.400. The van der Waals surface area contributed by atoms with E-state index in [0.29, 0.717) is 29.8 Å². The van der Waals surface area contributed by atoms with E-state index in [9.17, 15) is 14.4 Å². The van der Waals surface area contributed by atoms with Gasteiger partial charge in [-0.2, -0.15) is 0 Å². The zero-order valence-corrected chi connectivity index (χ0v) is 11.9. The highest BCUT2D eigenvalue weighted by molar-refractivity contribution is 6.11. The second-order valence-corrected chi connectivity index (χ2v) is 5.37. The van der Waals surface area contributed by atoms with Crippen molar-refractivity contribution in [2.75, 3.05) is 11.9 Å². The Morgan fingerprint density at radius 2 is 2.14 bits per heavy atom. The zero-order valence-electron chi connectivity index (χ0n) is 11.9. The standard InChI is InChI=1S/C15H16N2O4/c1-8-5-6-10-12(13(8)21-9(2)18)16-14(19)11-4-3-7-17(11)15(10)20/h5-6,11H,3-4,7H2,1-2H3,(H,16,19)/t11-/m0/s1. The molecule has 6 nitrogen and oxygen atoms in total. The molecule has 0 aliphatic carbocycles. The van der Waals surface area contributed by atoms with Gasteiger partial charge < -0.3 is 15.0 Å². The lowest BCUT2D eigenvalue weighted by Crippen LogP contribution is -2.40. The van der Waals surface area contributed by atoms with E-state index < -0.39 is 12.0 Å². The van der Waals surface area contributed by atoms with E-state index in [2.05, 4.69) is 5.32 Å². The molecule has 110 valence electrons. The van der Waals surface area contributed by atoms with Crippen LogP contribution in [0.2, 0.25) is 0 Å². The Hall–Kier alpha value is -2.37. The van der Waals surface area contributed by atoms with E-state index in [0.717, 1.165) is 6.42 Å². The lowest BCUT2D eigenvalue weighted by atomic mass is 10.1. The van der Waals surface area contributed by atoms with Crippen molar-refractivity contribution in [1.29, 1.82) is 0 Å². The summed E-state index contributed by atoms with van der Waals surface area (Å²) < 4.78 is 5.19. The van der Waals surface area contributed by atoms with Crippen LogP contribution in [-0.4, -0.2) is 35.3 Å². The predicted molar refractivity (Wildman–Crippen MR) is 75.2 cm³/mol. The lowest BCUT2D eigenvalue weighted by Gasteiger charge is -2.19. The second kappa shape index (κ2) is 4.87. The molecule has 6 heteroatoms. The Labute approximate surface area is 122 Å². The van der Waals surface area contributed by atoms with Crippen molar-refractivity contribution in [3.63, 3.8) is 0 Å². The van der Waals surface area contributed by atoms with Crippen molar-refractivity contribution in [2.45, 2.75) is 32.7 Å². The van der Waals surface area contributed by atoms with Gasteiger partial charge in [0.15, 0.2) is 5.75 Å². The monoisotopic (exact) mass is 288 g/mol. The lowest BCUT2D eigenvalue weighted by molar-refractivity contribution is -0.132. The van der Waals surface area contributed by atoms with Crippen LogP contribution in [0.25, 0.3) is 0 Å². The molecule has 21 heavy (non-hydrogen) atoms. The molecule has 1 aromatic carbocycles. The summed E-state index contributed by atoms with van der Waals surface area (Å²) in [5, 5.41) is 2.76. The van der Waals surface area contributed by atoms with Crippen LogP contribution < -0.4 is 10.1 Å². The number of benzene rings is 1. The first-order valence-electron chi connectivity index (χ1n) is 6.93. The van der Waals surface area contributed by atoms with Gasteiger partial charge in [-0.05, 0) is 31.4 Å². The summed E-state index contributed by atoms with van der Waals surface area (Å²) in [5.41, 5.74) is 1.36. The van der Waals surface area contributed by atoms with Gasteiger partial charge in [-0.15, -0.1) is 0 Å². The van der Waals surface area contributed by atoms with Crippen LogP contribution in [-0.2, 0) is 9.59 Å². The van der Waals surface area contributed by atoms with Crippen LogP contribution in [0.4, 0.5) is 5.69 Å². The maximum atomic E-state index is 12.6. The summed E-state index contributed by atoms with van der Waals surface area (Å²) in [4.78, 5) is 37.8. The summed E-state index contributed by atoms with van der Waals surface area (Å²) in [6.45, 7) is 3.63. The number of rotatable bonds is 1. The number of anilines is 1. The molecule has 0 radical (unpaired) electrons. The van der Waals surface area contributed by atoms with Crippen LogP contribution in [0.3, 0.4) is 0 Å². The van der Waals surface area contributed by atoms with E-state index in [1.54, 1.807) is 24.0 Å². The largest absolute Gasteiger partial charge is 0.424 e. The third-order valence-corrected chi connectivity index (χ3v) is 3.90. The molecule has 1 atom stereocenters. The Morgan fingerprint density at radius 1 is 1.38 bits per heavy atom. The maximum absolute atomic E-state index is 12.6. The number of amides is 2. The Kier molecular flexibility index (Phi) is 3.16. The Balaban J connectivity index is 2.14. The van der Waals surface area contributed by atoms with Gasteiger partial charge in [-0.1, -0.05) is 6.07 Å². The molecular weight excluding hydrogens is 272 g/mol. The summed E-state index contributed by atoms with van der Waals surface area (Å²) >= 11 is 0. The number of carbonyl (C=O) groups is 3. The van der Waals surface area contributed by atoms with Crippen molar-refractivity contribution in [3.05, 3.63) is 23.3 Å². The molecule has 2 heterocycles. The van der Waals surface area contributed by atoms with Crippen molar-refractivity contribution >= 4 is 23.5 Å². The molecule has 0 aromatic heterocycles. The number of fused-ring (bicyclic) bond motifs is 2. The SMILES string of the molecule is CC(=O)Oc1c(C)ccc2c1NC(=O)[C@@H]1CCCN1C2=O. The van der Waals surface area contributed by atoms with Crippen molar-refractivity contribution < 1.29 is 19.1 Å². The van der Waals surface area contributed by atoms with E-state index in [4.69, 9.17) is 4.74 Å². The van der Waals surface area contributed by atoms with Gasteiger partial charge in [0.05, 0.1) is 11.3 Å². The molecule has 0 bridgehead atoms. The highest BCUT2D eigenvalue weighted by atomic mass is 16.5. The minimum Gasteiger partial charge on any atom is -0.424 e. The van der Waals surface area contributed by atoms with Gasteiger partial charge in [0.2, 0.25) is 5.91 Å². The number of ether oxygens (including phenoxy) is 1. The number of hydrogen-bond acceptors (Lipinski definition) is 4. The van der Waals surface area contributed by atoms with Gasteiger partial charge in [-0.25, -0.2) is 0 Å². The molecule has 0 saturated carbocycles. The first-order chi connectivity index (χ1) is 9.99. The van der Waals surface area contributed by atoms with Gasteiger partial charge in [0.25, 0.3) is 5.91 Å².